The summed E-state index contributed by atoms with van der Waals surface area (Å²) in [6, 6.07) is 7.45. The summed E-state index contributed by atoms with van der Waals surface area (Å²) >= 11 is 19.4. The fraction of sp³-hybridized carbons (Fsp3) is 0.231. The molecule has 0 N–H and O–H groups in total. The Balaban J connectivity index is 2.56. The Bertz CT molecular complexity index is 737. The second-order valence-corrected chi connectivity index (χ2v) is 8.25. The van der Waals surface area contributed by atoms with Crippen LogP contribution in [0.25, 0.3) is 11.3 Å². The molecule has 0 aliphatic rings. The third-order valence-corrected chi connectivity index (χ3v) is 3.91. The van der Waals surface area contributed by atoms with Crippen LogP contribution in [-0.2, 0) is 4.79 Å². The zero-order valence-electron chi connectivity index (χ0n) is 12.0. The van der Waals surface area contributed by atoms with Crippen molar-refractivity contribution in [3.8, 4) is 5.69 Å². The number of alkyl halides is 3. The van der Waals surface area contributed by atoms with Crippen molar-refractivity contribution < 1.29 is 4.79 Å². The molecule has 0 saturated carbocycles. The number of benzene rings is 1. The molecule has 0 fully saturated rings. The maximum absolute atomic E-state index is 12.4. The second kappa shape index (κ2) is 7.33. The summed E-state index contributed by atoms with van der Waals surface area (Å²) < 4.78 is 0.368. The molecule has 2 rings (SSSR count). The van der Waals surface area contributed by atoms with Crippen LogP contribution < -0.4 is 0 Å². The number of nitrogens with zero attached hydrogens (tertiary/aromatic N) is 5. The highest BCUT2D eigenvalue weighted by Crippen LogP contribution is 2.33. The Morgan fingerprint density at radius 3 is 2.39 bits per heavy atom. The zero-order valence-corrected chi connectivity index (χ0v) is 16.5. The molecule has 1 heterocycles. The van der Waals surface area contributed by atoms with Crippen LogP contribution in [0.1, 0.15) is 5.82 Å². The van der Waals surface area contributed by atoms with Crippen molar-refractivity contribution in [1.82, 2.24) is 25.1 Å². The van der Waals surface area contributed by atoms with E-state index in [9.17, 15) is 4.79 Å². The average Bonchev–Trinajstić information content (AvgIpc) is 2.92. The number of Topliss-reactive ketones (excluding diaryl/α,β-unsaturated/α-hetero) is 1. The topological polar surface area (TPSA) is 63.9 Å². The van der Waals surface area contributed by atoms with Gasteiger partial charge in [-0.05, 0) is 57.3 Å². The van der Waals surface area contributed by atoms with Crippen LogP contribution in [-0.4, -0.2) is 48.8 Å². The minimum Gasteiger partial charge on any atom is -0.383 e. The van der Waals surface area contributed by atoms with E-state index in [0.29, 0.717) is 5.69 Å². The molecule has 0 saturated heterocycles. The molecule has 0 spiro atoms. The third kappa shape index (κ3) is 4.56. The molecule has 2 aromatic rings. The van der Waals surface area contributed by atoms with Gasteiger partial charge in [0, 0.05) is 23.9 Å². The van der Waals surface area contributed by atoms with Crippen LogP contribution in [0.2, 0.25) is 0 Å². The van der Waals surface area contributed by atoms with Crippen molar-refractivity contribution >= 4 is 68.8 Å². The lowest BCUT2D eigenvalue weighted by atomic mass is 10.1. The van der Waals surface area contributed by atoms with E-state index in [1.165, 1.54) is 10.9 Å². The van der Waals surface area contributed by atoms with Crippen molar-refractivity contribution in [2.45, 2.75) is 3.79 Å². The molecule has 0 aliphatic heterocycles. The standard InChI is InChI=1S/C13H11Cl3IN5O/c1-21(2)7-10(11(23)13(14,15)16)12-18-19-20-22(12)9-5-3-8(17)4-6-9/h3-7H,1-2H3/b10-7-. The fourth-order valence-electron chi connectivity index (χ4n) is 1.74. The van der Waals surface area contributed by atoms with E-state index in [2.05, 4.69) is 38.1 Å². The van der Waals surface area contributed by atoms with Crippen molar-refractivity contribution in [2.75, 3.05) is 14.1 Å². The summed E-state index contributed by atoms with van der Waals surface area (Å²) in [7, 11) is 3.48. The Kier molecular flexibility index (Phi) is 5.88. The van der Waals surface area contributed by atoms with E-state index in [-0.39, 0.29) is 11.4 Å². The minimum absolute atomic E-state index is 0.0959. The van der Waals surface area contributed by atoms with Crippen LogP contribution in [0, 0.1) is 3.57 Å². The normalized spacial score (nSPS) is 12.3. The SMILES string of the molecule is CN(C)/C=C(/C(=O)C(Cl)(Cl)Cl)c1nnnn1-c1ccc(I)cc1. The maximum Gasteiger partial charge on any atom is 0.253 e. The summed E-state index contributed by atoms with van der Waals surface area (Å²) in [4.78, 5) is 14.1. The Hall–Kier alpha value is -0.900. The Morgan fingerprint density at radius 1 is 1.26 bits per heavy atom. The molecular weight excluding hydrogens is 475 g/mol. The first-order valence-electron chi connectivity index (χ1n) is 6.24. The molecule has 23 heavy (non-hydrogen) atoms. The van der Waals surface area contributed by atoms with E-state index in [1.54, 1.807) is 19.0 Å². The number of allylic oxidation sites excluding steroid dienone is 1. The van der Waals surface area contributed by atoms with Crippen molar-refractivity contribution in [2.24, 2.45) is 0 Å². The molecule has 0 atom stereocenters. The summed E-state index contributed by atoms with van der Waals surface area (Å²) in [6.45, 7) is 0. The van der Waals surface area contributed by atoms with Gasteiger partial charge in [0.1, 0.15) is 0 Å². The molecule has 0 radical (unpaired) electrons. The molecule has 1 aromatic heterocycles. The van der Waals surface area contributed by atoms with Crippen molar-refractivity contribution in [3.63, 3.8) is 0 Å². The lowest BCUT2D eigenvalue weighted by Gasteiger charge is -2.15. The van der Waals surface area contributed by atoms with Gasteiger partial charge in [0.25, 0.3) is 3.79 Å². The average molecular weight is 487 g/mol. The predicted molar refractivity (Wildman–Crippen MR) is 98.8 cm³/mol. The number of aromatic nitrogens is 4. The molecule has 1 aromatic carbocycles. The van der Waals surface area contributed by atoms with Crippen LogP contribution in [0.5, 0.6) is 0 Å². The van der Waals surface area contributed by atoms with Gasteiger partial charge in [-0.1, -0.05) is 34.8 Å². The first-order chi connectivity index (χ1) is 10.7. The van der Waals surface area contributed by atoms with Crippen LogP contribution in [0.15, 0.2) is 30.5 Å². The minimum atomic E-state index is -2.11. The molecule has 0 bridgehead atoms. The number of hydrogen-bond donors (Lipinski definition) is 0. The summed E-state index contributed by atoms with van der Waals surface area (Å²) in [5.41, 5.74) is 0.783. The number of tetrazole rings is 1. The number of carbonyl (C=O) groups excluding carboxylic acids is 1. The van der Waals surface area contributed by atoms with Crippen LogP contribution >= 0.6 is 57.4 Å². The van der Waals surface area contributed by atoms with E-state index < -0.39 is 9.58 Å². The molecule has 122 valence electrons. The molecule has 10 heteroatoms. The van der Waals surface area contributed by atoms with Crippen LogP contribution in [0.3, 0.4) is 0 Å². The zero-order chi connectivity index (χ0) is 17.2. The molecule has 0 unspecified atom stereocenters. The van der Waals surface area contributed by atoms with Gasteiger partial charge in [0.2, 0.25) is 5.78 Å². The highest BCUT2D eigenvalue weighted by atomic mass is 127. The van der Waals surface area contributed by atoms with Gasteiger partial charge in [0.15, 0.2) is 5.82 Å². The first-order valence-corrected chi connectivity index (χ1v) is 8.46. The van der Waals surface area contributed by atoms with Crippen LogP contribution in [0.4, 0.5) is 0 Å². The number of carbonyl (C=O) groups is 1. The predicted octanol–water partition coefficient (Wildman–Crippen LogP) is 3.11. The van der Waals surface area contributed by atoms with Gasteiger partial charge in [-0.25, -0.2) is 0 Å². The van der Waals surface area contributed by atoms with Gasteiger partial charge in [-0.15, -0.1) is 5.10 Å². The number of hydrogen-bond acceptors (Lipinski definition) is 5. The molecule has 0 aliphatic carbocycles. The van der Waals surface area contributed by atoms with Gasteiger partial charge in [-0.2, -0.15) is 4.68 Å². The van der Waals surface area contributed by atoms with E-state index >= 15 is 0 Å². The monoisotopic (exact) mass is 485 g/mol. The van der Waals surface area contributed by atoms with E-state index in [1.807, 2.05) is 24.3 Å². The molecule has 6 nitrogen and oxygen atoms in total. The maximum atomic E-state index is 12.4. The fourth-order valence-corrected chi connectivity index (χ4v) is 2.41. The van der Waals surface area contributed by atoms with Gasteiger partial charge in [0.05, 0.1) is 11.3 Å². The highest BCUT2D eigenvalue weighted by molar-refractivity contribution is 14.1. The summed E-state index contributed by atoms with van der Waals surface area (Å²) in [5.74, 6) is -0.519. The van der Waals surface area contributed by atoms with Gasteiger partial charge < -0.3 is 4.90 Å². The largest absolute Gasteiger partial charge is 0.383 e. The lowest BCUT2D eigenvalue weighted by Crippen LogP contribution is -2.23. The Labute approximate surface area is 161 Å². The smallest absolute Gasteiger partial charge is 0.253 e. The van der Waals surface area contributed by atoms with Crippen molar-refractivity contribution in [1.29, 1.82) is 0 Å². The summed E-state index contributed by atoms with van der Waals surface area (Å²) in [5, 5.41) is 11.5. The Morgan fingerprint density at radius 2 is 1.87 bits per heavy atom. The number of ketones is 1. The highest BCUT2D eigenvalue weighted by Gasteiger charge is 2.36. The summed E-state index contributed by atoms with van der Waals surface area (Å²) in [6.07, 6.45) is 1.51. The number of halogens is 4. The lowest BCUT2D eigenvalue weighted by molar-refractivity contribution is -0.113. The van der Waals surface area contributed by atoms with Crippen molar-refractivity contribution in [3.05, 3.63) is 39.9 Å². The second-order valence-electron chi connectivity index (χ2n) is 4.72. The van der Waals surface area contributed by atoms with E-state index in [0.717, 1.165) is 3.57 Å². The third-order valence-electron chi connectivity index (χ3n) is 2.67. The van der Waals surface area contributed by atoms with Gasteiger partial charge in [-0.3, -0.25) is 4.79 Å². The first kappa shape index (κ1) is 18.4. The van der Waals surface area contributed by atoms with E-state index in [4.69, 9.17) is 34.8 Å². The quantitative estimate of drug-likeness (QED) is 0.378. The number of rotatable bonds is 4. The molecule has 0 amide bonds. The van der Waals surface area contributed by atoms with Gasteiger partial charge >= 0.3 is 0 Å². The molecular formula is C13H11Cl3IN5O.